The monoisotopic (exact) mass is 286 g/mol. The molecule has 0 bridgehead atoms. The minimum Gasteiger partial charge on any atom is -0.307 e. The average Bonchev–Trinajstić information content (AvgIpc) is 2.14. The van der Waals surface area contributed by atoms with Gasteiger partial charge in [0, 0.05) is 10.5 Å². The molecule has 0 aliphatic heterocycles. The molecule has 1 aromatic rings. The molecule has 1 aromatic carbocycles. The summed E-state index contributed by atoms with van der Waals surface area (Å²) in [6.07, 6.45) is -2.40. The van der Waals surface area contributed by atoms with Crippen molar-refractivity contribution in [2.75, 3.05) is 0 Å². The second kappa shape index (κ2) is 4.95. The van der Waals surface area contributed by atoms with E-state index in [2.05, 4.69) is 40.4 Å². The maximum atomic E-state index is 13.4. The summed E-state index contributed by atoms with van der Waals surface area (Å²) in [4.78, 5) is 0. The average molecular weight is 286 g/mol. The molecule has 0 spiro atoms. The van der Waals surface area contributed by atoms with E-state index in [0.29, 0.717) is 0 Å². The van der Waals surface area contributed by atoms with Gasteiger partial charge in [-0.05, 0) is 0 Å². The molecule has 0 aliphatic rings. The van der Waals surface area contributed by atoms with Crippen LogP contribution < -0.4 is 5.30 Å². The maximum absolute atomic E-state index is 13.4. The van der Waals surface area contributed by atoms with E-state index >= 15 is 0 Å². The lowest BCUT2D eigenvalue weighted by Gasteiger charge is -2.35. The van der Waals surface area contributed by atoms with Gasteiger partial charge in [0.25, 0.3) is 0 Å². The van der Waals surface area contributed by atoms with Crippen LogP contribution in [0.25, 0.3) is 0 Å². The summed E-state index contributed by atoms with van der Waals surface area (Å²) >= 11 is 0. The van der Waals surface area contributed by atoms with Crippen LogP contribution in [0.4, 0.5) is 0 Å². The topological polar surface area (TPSA) is 17.1 Å². The molecular formula is C13H23OPSSi. The predicted molar refractivity (Wildman–Crippen MR) is 84.4 cm³/mol. The molecule has 17 heavy (non-hydrogen) atoms. The Kier molecular flexibility index (Phi) is 4.39. The minimum atomic E-state index is -2.40. The van der Waals surface area contributed by atoms with Crippen molar-refractivity contribution in [2.24, 2.45) is 0 Å². The van der Waals surface area contributed by atoms with Gasteiger partial charge in [-0.15, -0.1) is 10.8 Å². The van der Waals surface area contributed by atoms with Crippen LogP contribution in [0.15, 0.2) is 30.3 Å². The summed E-state index contributed by atoms with van der Waals surface area (Å²) in [5, 5.41) is 0.833. The molecule has 0 N–H and O–H groups in total. The first-order valence-corrected chi connectivity index (χ1v) is 13.3. The van der Waals surface area contributed by atoms with Gasteiger partial charge in [0.05, 0.1) is 0 Å². The second-order valence-electron chi connectivity index (χ2n) is 6.26. The summed E-state index contributed by atoms with van der Waals surface area (Å²) < 4.78 is 13.4. The molecule has 1 unspecified atom stereocenters. The highest BCUT2D eigenvalue weighted by atomic mass is 32.9. The Bertz CT molecular complexity index is 417. The molecule has 0 radical (unpaired) electrons. The van der Waals surface area contributed by atoms with Gasteiger partial charge >= 0.3 is 0 Å². The molecule has 96 valence electrons. The van der Waals surface area contributed by atoms with E-state index in [1.54, 1.807) is 10.8 Å². The first-order valence-electron chi connectivity index (χ1n) is 5.93. The molecule has 0 aromatic heterocycles. The number of benzene rings is 1. The van der Waals surface area contributed by atoms with Crippen LogP contribution in [0.2, 0.25) is 19.6 Å². The number of rotatable bonds is 3. The van der Waals surface area contributed by atoms with Crippen LogP contribution in [0.1, 0.15) is 20.8 Å². The van der Waals surface area contributed by atoms with E-state index < -0.39 is 13.6 Å². The molecular weight excluding hydrogens is 263 g/mol. The Balaban J connectivity index is 3.27. The zero-order valence-electron chi connectivity index (χ0n) is 11.7. The van der Waals surface area contributed by atoms with E-state index in [4.69, 9.17) is 0 Å². The summed E-state index contributed by atoms with van der Waals surface area (Å²) in [5.41, 5.74) is 0. The third kappa shape index (κ3) is 3.74. The molecule has 0 saturated carbocycles. The fourth-order valence-electron chi connectivity index (χ4n) is 1.59. The predicted octanol–water partition coefficient (Wildman–Crippen LogP) is 4.96. The van der Waals surface area contributed by atoms with Crippen LogP contribution in [0.3, 0.4) is 0 Å². The van der Waals surface area contributed by atoms with Crippen molar-refractivity contribution in [1.29, 1.82) is 0 Å². The molecule has 1 atom stereocenters. The molecule has 0 heterocycles. The maximum Gasteiger partial charge on any atom is 0.166 e. The fraction of sp³-hybridized carbons (Fsp3) is 0.538. The van der Waals surface area contributed by atoms with Crippen molar-refractivity contribution < 1.29 is 4.57 Å². The van der Waals surface area contributed by atoms with Crippen LogP contribution in [0, 0.1) is 0 Å². The molecule has 4 heteroatoms. The minimum absolute atomic E-state index is 0.181. The highest BCUT2D eigenvalue weighted by Gasteiger charge is 2.42. The van der Waals surface area contributed by atoms with Crippen molar-refractivity contribution in [3.63, 3.8) is 0 Å². The quantitative estimate of drug-likeness (QED) is 0.577. The van der Waals surface area contributed by atoms with Crippen LogP contribution in [-0.4, -0.2) is 12.4 Å². The molecule has 0 amide bonds. The Morgan fingerprint density at radius 3 is 1.88 bits per heavy atom. The fourth-order valence-corrected chi connectivity index (χ4v) is 18.2. The van der Waals surface area contributed by atoms with E-state index in [1.807, 2.05) is 30.3 Å². The lowest BCUT2D eigenvalue weighted by molar-refractivity contribution is 0.568. The highest BCUT2D eigenvalue weighted by molar-refractivity contribution is 8.74. The van der Waals surface area contributed by atoms with Gasteiger partial charge in [0.15, 0.2) is 6.34 Å². The Morgan fingerprint density at radius 1 is 1.06 bits per heavy atom. The van der Waals surface area contributed by atoms with Crippen LogP contribution in [0.5, 0.6) is 0 Å². The lowest BCUT2D eigenvalue weighted by atomic mass is 10.3. The zero-order chi connectivity index (χ0) is 13.3. The lowest BCUT2D eigenvalue weighted by Crippen LogP contribution is -2.26. The van der Waals surface area contributed by atoms with Crippen molar-refractivity contribution in [1.82, 2.24) is 0 Å². The van der Waals surface area contributed by atoms with Gasteiger partial charge < -0.3 is 4.57 Å². The Labute approximate surface area is 110 Å². The summed E-state index contributed by atoms with van der Waals surface area (Å²) in [6.45, 7) is 13.1. The van der Waals surface area contributed by atoms with Gasteiger partial charge in [-0.3, -0.25) is 0 Å². The molecule has 0 saturated heterocycles. The Morgan fingerprint density at radius 2 is 1.53 bits per heavy atom. The third-order valence-corrected chi connectivity index (χ3v) is 17.9. The highest BCUT2D eigenvalue weighted by Crippen LogP contribution is 2.69. The van der Waals surface area contributed by atoms with Crippen LogP contribution >= 0.6 is 17.2 Å². The SMILES string of the molecule is CC(C)(C)P(=O)(S[Si](C)(C)C)c1ccccc1. The summed E-state index contributed by atoms with van der Waals surface area (Å²) in [6, 6.07) is 9.98. The second-order valence-corrected chi connectivity index (χ2v) is 21.0. The summed E-state index contributed by atoms with van der Waals surface area (Å²) in [7, 11) is 0.327. The standard InChI is InChI=1S/C13H23OPSSi/c1-13(2,3)15(14,16-17(4,5)6)12-10-8-7-9-11-12/h7-11H,1-6H3. The largest absolute Gasteiger partial charge is 0.307 e. The first-order chi connectivity index (χ1) is 7.56. The first kappa shape index (κ1) is 15.1. The van der Waals surface area contributed by atoms with Gasteiger partial charge in [-0.2, -0.15) is 0 Å². The molecule has 1 nitrogen and oxygen atoms in total. The molecule has 0 fully saturated rings. The van der Waals surface area contributed by atoms with E-state index in [9.17, 15) is 4.57 Å². The van der Waals surface area contributed by atoms with Gasteiger partial charge in [-0.1, -0.05) is 70.7 Å². The van der Waals surface area contributed by atoms with Crippen molar-refractivity contribution in [2.45, 2.75) is 45.6 Å². The molecule has 1 rings (SSSR count). The van der Waals surface area contributed by atoms with E-state index in [1.165, 1.54) is 0 Å². The third-order valence-electron chi connectivity index (χ3n) is 2.38. The smallest absolute Gasteiger partial charge is 0.166 e. The van der Waals surface area contributed by atoms with Crippen LogP contribution in [-0.2, 0) is 4.57 Å². The molecule has 0 aliphatic carbocycles. The van der Waals surface area contributed by atoms with Gasteiger partial charge in [0.2, 0.25) is 0 Å². The normalized spacial score (nSPS) is 16.6. The van der Waals surface area contributed by atoms with Crippen molar-refractivity contribution in [3.8, 4) is 0 Å². The van der Waals surface area contributed by atoms with E-state index in [-0.39, 0.29) is 5.16 Å². The zero-order valence-corrected chi connectivity index (χ0v) is 14.4. The number of hydrogen-bond donors (Lipinski definition) is 0. The Hall–Kier alpha value is 0.0169. The van der Waals surface area contributed by atoms with Gasteiger partial charge in [-0.25, -0.2) is 0 Å². The van der Waals surface area contributed by atoms with Gasteiger partial charge in [0.1, 0.15) is 7.22 Å². The summed E-state index contributed by atoms with van der Waals surface area (Å²) in [5.74, 6) is 0. The van der Waals surface area contributed by atoms with E-state index in [0.717, 1.165) is 5.30 Å². The van der Waals surface area contributed by atoms with Crippen molar-refractivity contribution in [3.05, 3.63) is 30.3 Å². The van der Waals surface area contributed by atoms with Crippen molar-refractivity contribution >= 4 is 29.7 Å². The number of hydrogen-bond acceptors (Lipinski definition) is 2.